The predicted molar refractivity (Wildman–Crippen MR) is 99.2 cm³/mol. The predicted octanol–water partition coefficient (Wildman–Crippen LogP) is 3.66. The highest BCUT2D eigenvalue weighted by Crippen LogP contribution is 2.35. The average Bonchev–Trinajstić information content (AvgIpc) is 2.66. The molecule has 1 aliphatic heterocycles. The fourth-order valence-electron chi connectivity index (χ4n) is 3.06. The van der Waals surface area contributed by atoms with Crippen molar-refractivity contribution in [1.29, 1.82) is 0 Å². The Hall–Kier alpha value is -3.15. The molecule has 1 atom stereocenters. The fourth-order valence-corrected chi connectivity index (χ4v) is 3.06. The van der Waals surface area contributed by atoms with E-state index < -0.39 is 6.10 Å². The van der Waals surface area contributed by atoms with Crippen LogP contribution in [0.25, 0.3) is 0 Å². The second-order valence-electron chi connectivity index (χ2n) is 6.33. The number of methoxy groups -OCH3 is 2. The third-order valence-corrected chi connectivity index (χ3v) is 4.48. The average molecular weight is 370 g/mol. The molecule has 0 saturated carbocycles. The number of hydrogen-bond acceptors (Lipinski definition) is 6. The van der Waals surface area contributed by atoms with Gasteiger partial charge in [-0.05, 0) is 41.8 Å². The van der Waals surface area contributed by atoms with E-state index in [1.807, 2.05) is 6.07 Å². The molecule has 0 aromatic heterocycles. The first kappa shape index (κ1) is 18.6. The van der Waals surface area contributed by atoms with Crippen molar-refractivity contribution in [3.05, 3.63) is 59.4 Å². The zero-order chi connectivity index (χ0) is 19.4. The van der Waals surface area contributed by atoms with Crippen LogP contribution in [0.1, 0.15) is 30.1 Å². The highest BCUT2D eigenvalue weighted by atomic mass is 16.5. The number of carbonyl (C=O) groups excluding carboxylic acids is 1. The van der Waals surface area contributed by atoms with Crippen LogP contribution in [0.2, 0.25) is 0 Å². The number of aromatic hydroxyl groups is 2. The lowest BCUT2D eigenvalue weighted by Crippen LogP contribution is -2.16. The van der Waals surface area contributed by atoms with Gasteiger partial charge in [-0.15, -0.1) is 0 Å². The van der Waals surface area contributed by atoms with Crippen molar-refractivity contribution in [2.75, 3.05) is 14.2 Å². The summed E-state index contributed by atoms with van der Waals surface area (Å²) < 4.78 is 16.1. The SMILES string of the molecule is COc1ccc(CCC2=CC(=O)C[C@@H](c3ccc(OC)c(O)c3)O2)cc1O. The fraction of sp³-hybridized carbons (Fsp3) is 0.286. The van der Waals surface area contributed by atoms with Gasteiger partial charge in [0.15, 0.2) is 28.8 Å². The molecule has 0 fully saturated rings. The second kappa shape index (κ2) is 8.03. The number of carbonyl (C=O) groups is 1. The zero-order valence-corrected chi connectivity index (χ0v) is 15.3. The molecular formula is C21H22O6. The molecule has 142 valence electrons. The van der Waals surface area contributed by atoms with Gasteiger partial charge in [-0.3, -0.25) is 4.79 Å². The maximum Gasteiger partial charge on any atom is 0.163 e. The van der Waals surface area contributed by atoms with Crippen molar-refractivity contribution in [2.45, 2.75) is 25.4 Å². The number of ketones is 1. The maximum absolute atomic E-state index is 12.1. The van der Waals surface area contributed by atoms with Crippen LogP contribution in [0.3, 0.4) is 0 Å². The van der Waals surface area contributed by atoms with Crippen LogP contribution in [0, 0.1) is 0 Å². The smallest absolute Gasteiger partial charge is 0.163 e. The van der Waals surface area contributed by atoms with E-state index in [1.165, 1.54) is 20.3 Å². The molecule has 0 aliphatic carbocycles. The van der Waals surface area contributed by atoms with Crippen molar-refractivity contribution in [3.63, 3.8) is 0 Å². The Bertz CT molecular complexity index is 871. The minimum atomic E-state index is -0.446. The van der Waals surface area contributed by atoms with Crippen LogP contribution in [-0.4, -0.2) is 30.2 Å². The first-order valence-electron chi connectivity index (χ1n) is 8.63. The monoisotopic (exact) mass is 370 g/mol. The minimum absolute atomic E-state index is 0.0101. The third-order valence-electron chi connectivity index (χ3n) is 4.48. The number of phenolic OH excluding ortho intramolecular Hbond substituents is 2. The van der Waals surface area contributed by atoms with Crippen LogP contribution in [0.4, 0.5) is 0 Å². The molecule has 6 heteroatoms. The van der Waals surface area contributed by atoms with Crippen molar-refractivity contribution in [3.8, 4) is 23.0 Å². The summed E-state index contributed by atoms with van der Waals surface area (Å²) in [6.07, 6.45) is 2.42. The Kier molecular flexibility index (Phi) is 5.54. The van der Waals surface area contributed by atoms with Gasteiger partial charge in [0.05, 0.1) is 20.6 Å². The molecule has 0 amide bonds. The van der Waals surface area contributed by atoms with Gasteiger partial charge in [-0.25, -0.2) is 0 Å². The van der Waals surface area contributed by atoms with Crippen LogP contribution < -0.4 is 9.47 Å². The number of hydrogen-bond donors (Lipinski definition) is 2. The van der Waals surface area contributed by atoms with Crippen molar-refractivity contribution < 1.29 is 29.2 Å². The van der Waals surface area contributed by atoms with Crippen LogP contribution in [-0.2, 0) is 16.0 Å². The summed E-state index contributed by atoms with van der Waals surface area (Å²) in [6, 6.07) is 10.2. The molecule has 1 heterocycles. The second-order valence-corrected chi connectivity index (χ2v) is 6.33. The number of rotatable bonds is 6. The van der Waals surface area contributed by atoms with Gasteiger partial charge in [-0.1, -0.05) is 12.1 Å². The van der Waals surface area contributed by atoms with Crippen LogP contribution >= 0.6 is 0 Å². The highest BCUT2D eigenvalue weighted by molar-refractivity contribution is 5.91. The number of ether oxygens (including phenoxy) is 3. The largest absolute Gasteiger partial charge is 0.504 e. The summed E-state index contributed by atoms with van der Waals surface area (Å²) in [5.74, 6) is 1.44. The summed E-state index contributed by atoms with van der Waals surface area (Å²) >= 11 is 0. The Morgan fingerprint density at radius 3 is 2.30 bits per heavy atom. The van der Waals surface area contributed by atoms with Gasteiger partial charge < -0.3 is 24.4 Å². The van der Waals surface area contributed by atoms with E-state index in [0.717, 1.165) is 5.56 Å². The van der Waals surface area contributed by atoms with E-state index in [4.69, 9.17) is 14.2 Å². The Morgan fingerprint density at radius 2 is 1.67 bits per heavy atom. The molecule has 3 rings (SSSR count). The highest BCUT2D eigenvalue weighted by Gasteiger charge is 2.24. The van der Waals surface area contributed by atoms with Crippen molar-refractivity contribution in [1.82, 2.24) is 0 Å². The van der Waals surface area contributed by atoms with Gasteiger partial charge in [0, 0.05) is 12.5 Å². The Morgan fingerprint density at radius 1 is 1.00 bits per heavy atom. The maximum atomic E-state index is 12.1. The molecule has 2 N–H and O–H groups in total. The van der Waals surface area contributed by atoms with Crippen LogP contribution in [0.15, 0.2) is 48.2 Å². The van der Waals surface area contributed by atoms with Gasteiger partial charge in [0.25, 0.3) is 0 Å². The van der Waals surface area contributed by atoms with E-state index in [1.54, 1.807) is 30.3 Å². The van der Waals surface area contributed by atoms with Gasteiger partial charge in [0.2, 0.25) is 0 Å². The van der Waals surface area contributed by atoms with E-state index in [0.29, 0.717) is 35.7 Å². The summed E-state index contributed by atoms with van der Waals surface area (Å²) in [5, 5.41) is 19.8. The topological polar surface area (TPSA) is 85.2 Å². The zero-order valence-electron chi connectivity index (χ0n) is 15.3. The molecule has 0 saturated heterocycles. The molecular weight excluding hydrogens is 348 g/mol. The molecule has 1 aliphatic rings. The Balaban J connectivity index is 1.69. The quantitative estimate of drug-likeness (QED) is 0.807. The first-order valence-corrected chi connectivity index (χ1v) is 8.63. The van der Waals surface area contributed by atoms with E-state index in [9.17, 15) is 15.0 Å². The normalized spacial score (nSPS) is 16.4. The number of aryl methyl sites for hydroxylation is 1. The van der Waals surface area contributed by atoms with E-state index in [2.05, 4.69) is 0 Å². The molecule has 27 heavy (non-hydrogen) atoms. The third kappa shape index (κ3) is 4.34. The molecule has 6 nitrogen and oxygen atoms in total. The van der Waals surface area contributed by atoms with Gasteiger partial charge in [-0.2, -0.15) is 0 Å². The molecule has 0 radical (unpaired) electrons. The van der Waals surface area contributed by atoms with Crippen molar-refractivity contribution in [2.24, 2.45) is 0 Å². The number of phenols is 2. The molecule has 0 unspecified atom stereocenters. The lowest BCUT2D eigenvalue weighted by Gasteiger charge is -2.25. The number of allylic oxidation sites excluding steroid dienone is 2. The molecule has 2 aromatic rings. The minimum Gasteiger partial charge on any atom is -0.504 e. The van der Waals surface area contributed by atoms with Gasteiger partial charge >= 0.3 is 0 Å². The standard InChI is InChI=1S/C21H22O6/c1-25-19-7-4-13(9-17(19)23)3-6-16-11-15(22)12-21(27-16)14-5-8-20(26-2)18(24)10-14/h4-5,7-11,21,23-24H,3,6,12H2,1-2H3/t21-/m0/s1. The Labute approximate surface area is 157 Å². The summed E-state index contributed by atoms with van der Waals surface area (Å²) in [4.78, 5) is 12.1. The van der Waals surface area contributed by atoms with Gasteiger partial charge in [0.1, 0.15) is 11.9 Å². The number of benzene rings is 2. The van der Waals surface area contributed by atoms with Crippen LogP contribution in [0.5, 0.6) is 23.0 Å². The molecule has 2 aromatic carbocycles. The summed E-state index contributed by atoms with van der Waals surface area (Å²) in [6.45, 7) is 0. The molecule has 0 bridgehead atoms. The van der Waals surface area contributed by atoms with Crippen molar-refractivity contribution >= 4 is 5.78 Å². The van der Waals surface area contributed by atoms with E-state index >= 15 is 0 Å². The first-order chi connectivity index (χ1) is 13.0. The van der Waals surface area contributed by atoms with E-state index in [-0.39, 0.29) is 23.7 Å². The molecule has 0 spiro atoms. The lowest BCUT2D eigenvalue weighted by molar-refractivity contribution is -0.118. The lowest BCUT2D eigenvalue weighted by atomic mass is 9.99. The summed E-state index contributed by atoms with van der Waals surface area (Å²) in [5.41, 5.74) is 1.63. The summed E-state index contributed by atoms with van der Waals surface area (Å²) in [7, 11) is 2.98.